The topological polar surface area (TPSA) is 116 Å². The molecule has 0 saturated heterocycles. The number of tetrazole rings is 1. The zero-order valence-corrected chi connectivity index (χ0v) is 16.9. The van der Waals surface area contributed by atoms with Crippen molar-refractivity contribution in [3.63, 3.8) is 0 Å². The molecular weight excluding hydrogens is 411 g/mol. The fourth-order valence-corrected chi connectivity index (χ4v) is 3.35. The number of nitrogens with zero attached hydrogens (tertiary/aromatic N) is 5. The van der Waals surface area contributed by atoms with E-state index in [-0.39, 0.29) is 17.1 Å². The largest absolute Gasteiger partial charge is 0.323 e. The van der Waals surface area contributed by atoms with E-state index >= 15 is 0 Å². The molecular formula is C19H19FN6O3S. The van der Waals surface area contributed by atoms with Crippen LogP contribution in [0.5, 0.6) is 0 Å². The van der Waals surface area contributed by atoms with Crippen molar-refractivity contribution in [1.82, 2.24) is 20.2 Å². The second kappa shape index (κ2) is 9.92. The quantitative estimate of drug-likeness (QED) is 0.312. The van der Waals surface area contributed by atoms with Crippen LogP contribution < -0.4 is 5.32 Å². The molecule has 156 valence electrons. The van der Waals surface area contributed by atoms with E-state index in [2.05, 4.69) is 27.8 Å². The third kappa shape index (κ3) is 5.38. The molecule has 9 nitrogen and oxygen atoms in total. The second-order valence-corrected chi connectivity index (χ2v) is 7.34. The maximum absolute atomic E-state index is 13.8. The van der Waals surface area contributed by atoms with Gasteiger partial charge in [-0.15, -0.1) is 5.10 Å². The van der Waals surface area contributed by atoms with E-state index in [1.807, 2.05) is 24.3 Å². The molecule has 0 saturated carbocycles. The number of benzene rings is 2. The normalized spacial score (nSPS) is 10.7. The fraction of sp³-hybridized carbons (Fsp3) is 0.263. The Morgan fingerprint density at radius 3 is 2.73 bits per heavy atom. The highest BCUT2D eigenvalue weighted by molar-refractivity contribution is 7.99. The monoisotopic (exact) mass is 430 g/mol. The minimum absolute atomic E-state index is 0.100. The Morgan fingerprint density at radius 1 is 1.27 bits per heavy atom. The standard InChI is InChI=1S/C19H19FN6O3S/c1-2-3-4-13-5-7-14(8-6-13)25-19(22-23-24-25)30-12-18(27)21-17-11-15(26(28)29)9-10-16(17)20/h5-11H,2-4,12H2,1H3,(H,21,27). The van der Waals surface area contributed by atoms with Crippen molar-refractivity contribution in [2.75, 3.05) is 11.1 Å². The van der Waals surface area contributed by atoms with Gasteiger partial charge in [0.1, 0.15) is 5.82 Å². The minimum atomic E-state index is -0.757. The third-order valence-corrected chi connectivity index (χ3v) is 5.13. The zero-order valence-electron chi connectivity index (χ0n) is 16.1. The van der Waals surface area contributed by atoms with E-state index in [1.165, 1.54) is 10.2 Å². The number of nitro benzene ring substituents is 1. The van der Waals surface area contributed by atoms with Crippen LogP contribution in [0.1, 0.15) is 25.3 Å². The summed E-state index contributed by atoms with van der Waals surface area (Å²) in [6.07, 6.45) is 3.24. The minimum Gasteiger partial charge on any atom is -0.323 e. The lowest BCUT2D eigenvalue weighted by atomic mass is 10.1. The number of carbonyl (C=O) groups excluding carboxylic acids is 1. The van der Waals surface area contributed by atoms with Gasteiger partial charge in [0.05, 0.1) is 22.1 Å². The SMILES string of the molecule is CCCCc1ccc(-n2nnnc2SCC(=O)Nc2cc([N+](=O)[O-])ccc2F)cc1. The number of thioether (sulfide) groups is 1. The van der Waals surface area contributed by atoms with Gasteiger partial charge in [-0.1, -0.05) is 37.2 Å². The number of aromatic nitrogens is 4. The summed E-state index contributed by atoms with van der Waals surface area (Å²) in [4.78, 5) is 22.3. The Kier molecular flexibility index (Phi) is 7.07. The van der Waals surface area contributed by atoms with Crippen LogP contribution >= 0.6 is 11.8 Å². The van der Waals surface area contributed by atoms with Gasteiger partial charge in [-0.3, -0.25) is 14.9 Å². The first-order valence-corrected chi connectivity index (χ1v) is 10.2. The van der Waals surface area contributed by atoms with Crippen LogP contribution in [0.25, 0.3) is 5.69 Å². The molecule has 0 atom stereocenters. The molecule has 0 aliphatic heterocycles. The van der Waals surface area contributed by atoms with Crippen LogP contribution in [0.15, 0.2) is 47.6 Å². The Morgan fingerprint density at radius 2 is 2.03 bits per heavy atom. The zero-order chi connectivity index (χ0) is 21.5. The van der Waals surface area contributed by atoms with E-state index in [9.17, 15) is 19.3 Å². The second-order valence-electron chi connectivity index (χ2n) is 6.40. The van der Waals surface area contributed by atoms with Crippen molar-refractivity contribution >= 4 is 29.0 Å². The van der Waals surface area contributed by atoms with Crippen LogP contribution in [-0.2, 0) is 11.2 Å². The molecule has 2 aromatic carbocycles. The molecule has 0 aliphatic carbocycles. The summed E-state index contributed by atoms with van der Waals surface area (Å²) in [5.41, 5.74) is 1.41. The van der Waals surface area contributed by atoms with Crippen LogP contribution in [0.3, 0.4) is 0 Å². The molecule has 0 unspecified atom stereocenters. The molecule has 0 spiro atoms. The highest BCUT2D eigenvalue weighted by Crippen LogP contribution is 2.23. The molecule has 0 bridgehead atoms. The maximum atomic E-state index is 13.8. The summed E-state index contributed by atoms with van der Waals surface area (Å²) in [5.74, 6) is -1.40. The summed E-state index contributed by atoms with van der Waals surface area (Å²) < 4.78 is 15.3. The van der Waals surface area contributed by atoms with Gasteiger partial charge in [0, 0.05) is 12.1 Å². The van der Waals surface area contributed by atoms with E-state index in [4.69, 9.17) is 0 Å². The Hall–Kier alpha value is -3.34. The first kappa shape index (κ1) is 21.4. The van der Waals surface area contributed by atoms with Gasteiger partial charge in [-0.05, 0) is 47.0 Å². The first-order chi connectivity index (χ1) is 14.5. The van der Waals surface area contributed by atoms with E-state index < -0.39 is 16.6 Å². The molecule has 0 fully saturated rings. The predicted molar refractivity (Wildman–Crippen MR) is 110 cm³/mol. The summed E-state index contributed by atoms with van der Waals surface area (Å²) in [6.45, 7) is 2.14. The number of hydrogen-bond donors (Lipinski definition) is 1. The molecule has 1 N–H and O–H groups in total. The number of carbonyl (C=O) groups is 1. The summed E-state index contributed by atoms with van der Waals surface area (Å²) in [6, 6.07) is 10.8. The average Bonchev–Trinajstić information content (AvgIpc) is 3.21. The molecule has 3 rings (SSSR count). The van der Waals surface area contributed by atoms with Gasteiger partial charge < -0.3 is 5.32 Å². The van der Waals surface area contributed by atoms with Crippen molar-refractivity contribution < 1.29 is 14.1 Å². The van der Waals surface area contributed by atoms with E-state index in [0.717, 1.165) is 54.9 Å². The third-order valence-electron chi connectivity index (χ3n) is 4.21. The van der Waals surface area contributed by atoms with Crippen LogP contribution in [0.4, 0.5) is 15.8 Å². The Labute approximate surface area is 175 Å². The number of non-ortho nitro benzene ring substituents is 1. The number of hydrogen-bond acceptors (Lipinski definition) is 7. The van der Waals surface area contributed by atoms with Gasteiger partial charge >= 0.3 is 0 Å². The maximum Gasteiger partial charge on any atom is 0.271 e. The number of nitro groups is 1. The summed E-state index contributed by atoms with van der Waals surface area (Å²) >= 11 is 1.07. The molecule has 30 heavy (non-hydrogen) atoms. The molecule has 1 heterocycles. The van der Waals surface area contributed by atoms with Gasteiger partial charge in [0.25, 0.3) is 5.69 Å². The lowest BCUT2D eigenvalue weighted by Crippen LogP contribution is -2.15. The predicted octanol–water partition coefficient (Wildman–Crippen LogP) is 3.78. The van der Waals surface area contributed by atoms with Crippen LogP contribution in [0, 0.1) is 15.9 Å². The molecule has 0 aliphatic rings. The molecule has 1 aromatic heterocycles. The number of rotatable bonds is 9. The molecule has 1 amide bonds. The molecule has 11 heteroatoms. The average molecular weight is 430 g/mol. The van der Waals surface area contributed by atoms with E-state index in [1.54, 1.807) is 0 Å². The first-order valence-electron chi connectivity index (χ1n) is 9.22. The van der Waals surface area contributed by atoms with Crippen molar-refractivity contribution in [2.45, 2.75) is 31.3 Å². The number of halogens is 1. The number of anilines is 1. The van der Waals surface area contributed by atoms with Crippen molar-refractivity contribution in [2.24, 2.45) is 0 Å². The lowest BCUT2D eigenvalue weighted by Gasteiger charge is -2.07. The van der Waals surface area contributed by atoms with Gasteiger partial charge in [-0.25, -0.2) is 4.39 Å². The van der Waals surface area contributed by atoms with E-state index in [0.29, 0.717) is 5.16 Å². The highest BCUT2D eigenvalue weighted by atomic mass is 32.2. The Bertz CT molecular complexity index is 1040. The van der Waals surface area contributed by atoms with Crippen molar-refractivity contribution in [3.8, 4) is 5.69 Å². The number of aryl methyl sites for hydroxylation is 1. The highest BCUT2D eigenvalue weighted by Gasteiger charge is 2.15. The smallest absolute Gasteiger partial charge is 0.271 e. The van der Waals surface area contributed by atoms with Crippen LogP contribution in [0.2, 0.25) is 0 Å². The van der Waals surface area contributed by atoms with Gasteiger partial charge in [0.15, 0.2) is 0 Å². The van der Waals surface area contributed by atoms with Crippen molar-refractivity contribution in [3.05, 3.63) is 64.0 Å². The molecule has 3 aromatic rings. The fourth-order valence-electron chi connectivity index (χ4n) is 2.65. The molecule has 0 radical (unpaired) electrons. The number of amides is 1. The number of unbranched alkanes of at least 4 members (excludes halogenated alkanes) is 1. The lowest BCUT2D eigenvalue weighted by molar-refractivity contribution is -0.384. The van der Waals surface area contributed by atoms with Crippen LogP contribution in [-0.4, -0.2) is 36.8 Å². The van der Waals surface area contributed by atoms with Gasteiger partial charge in [0.2, 0.25) is 11.1 Å². The summed E-state index contributed by atoms with van der Waals surface area (Å²) in [5, 5.41) is 25.1. The summed E-state index contributed by atoms with van der Waals surface area (Å²) in [7, 11) is 0. The number of nitrogens with one attached hydrogen (secondary N) is 1. The Balaban J connectivity index is 1.63. The van der Waals surface area contributed by atoms with Crippen molar-refractivity contribution in [1.29, 1.82) is 0 Å². The van der Waals surface area contributed by atoms with Gasteiger partial charge in [-0.2, -0.15) is 4.68 Å².